The summed E-state index contributed by atoms with van der Waals surface area (Å²) in [6, 6.07) is 13.0. The van der Waals surface area contributed by atoms with Gasteiger partial charge in [-0.1, -0.05) is 18.2 Å². The molecule has 0 bridgehead atoms. The van der Waals surface area contributed by atoms with Crippen LogP contribution in [0.15, 0.2) is 76.8 Å². The van der Waals surface area contributed by atoms with Crippen LogP contribution in [0, 0.1) is 11.8 Å². The summed E-state index contributed by atoms with van der Waals surface area (Å²) in [5.74, 6) is 3.94. The molecule has 0 spiro atoms. The van der Waals surface area contributed by atoms with Gasteiger partial charge < -0.3 is 0 Å². The average Bonchev–Trinajstić information content (AvgIpc) is 2.72. The van der Waals surface area contributed by atoms with Crippen LogP contribution in [0.1, 0.15) is 21.7 Å². The van der Waals surface area contributed by atoms with Crippen molar-refractivity contribution in [2.45, 2.75) is 9.79 Å². The topological polar surface area (TPSA) is 137 Å². The Balaban J connectivity index is 1.81. The number of nitrogens with zero attached hydrogens (tertiary/aromatic N) is 2. The lowest BCUT2D eigenvalue weighted by molar-refractivity contribution is 0.102. The van der Waals surface area contributed by atoms with Crippen LogP contribution in [0.4, 0.5) is 0 Å². The van der Waals surface area contributed by atoms with E-state index in [4.69, 9.17) is 5.14 Å². The van der Waals surface area contributed by atoms with Crippen molar-refractivity contribution < 1.29 is 21.6 Å². The number of carbonyl (C=O) groups excluding carboxylic acids is 1. The fraction of sp³-hybridized carbons (Fsp3) is 0.0500. The Bertz CT molecular complexity index is 1360. The molecule has 30 heavy (non-hydrogen) atoms. The number of nitrogens with two attached hydrogens (primary N) is 1. The molecule has 0 aliphatic rings. The average molecular weight is 441 g/mol. The van der Waals surface area contributed by atoms with Crippen LogP contribution < -0.4 is 5.14 Å². The Hall–Kier alpha value is -3.39. The molecule has 152 valence electrons. The number of hydrogen-bond acceptors (Lipinski definition) is 7. The Morgan fingerprint density at radius 2 is 1.47 bits per heavy atom. The summed E-state index contributed by atoms with van der Waals surface area (Å²) < 4.78 is 48.6. The van der Waals surface area contributed by atoms with Crippen LogP contribution in [0.3, 0.4) is 0 Å². The zero-order valence-electron chi connectivity index (χ0n) is 15.4. The Labute approximate surface area is 173 Å². The first kappa shape index (κ1) is 21.3. The normalized spacial score (nSPS) is 11.4. The minimum absolute atomic E-state index is 0.0510. The van der Waals surface area contributed by atoms with Gasteiger partial charge in [0.15, 0.2) is 15.6 Å². The minimum atomic E-state index is -4.28. The molecule has 2 heterocycles. The van der Waals surface area contributed by atoms with E-state index in [9.17, 15) is 21.6 Å². The molecule has 0 saturated carbocycles. The fourth-order valence-electron chi connectivity index (χ4n) is 2.47. The van der Waals surface area contributed by atoms with Gasteiger partial charge in [-0.3, -0.25) is 4.79 Å². The third-order valence-corrected chi connectivity index (χ3v) is 6.65. The van der Waals surface area contributed by atoms with Gasteiger partial charge in [0.1, 0.15) is 22.0 Å². The first-order chi connectivity index (χ1) is 14.2. The fourth-order valence-corrected chi connectivity index (χ4v) is 5.15. The smallest absolute Gasteiger partial charge is 0.239 e. The largest absolute Gasteiger partial charge is 0.293 e. The second-order valence-corrected chi connectivity index (χ2v) is 9.56. The van der Waals surface area contributed by atoms with E-state index in [1.807, 2.05) is 0 Å². The van der Waals surface area contributed by atoms with Gasteiger partial charge in [-0.05, 0) is 48.2 Å². The van der Waals surface area contributed by atoms with Crippen molar-refractivity contribution in [3.8, 4) is 11.8 Å². The van der Waals surface area contributed by atoms with Gasteiger partial charge in [0.25, 0.3) is 0 Å². The van der Waals surface area contributed by atoms with E-state index in [1.54, 1.807) is 24.4 Å². The monoisotopic (exact) mass is 441 g/mol. The molecule has 0 unspecified atom stereocenters. The molecule has 3 aromatic rings. The number of aromatic nitrogens is 2. The second kappa shape index (κ2) is 8.54. The van der Waals surface area contributed by atoms with Crippen molar-refractivity contribution in [1.82, 2.24) is 9.97 Å². The van der Waals surface area contributed by atoms with E-state index in [0.29, 0.717) is 11.4 Å². The molecule has 10 heteroatoms. The van der Waals surface area contributed by atoms with Crippen molar-refractivity contribution in [3.05, 3.63) is 83.9 Å². The molecule has 0 aliphatic heterocycles. The number of rotatable bonds is 5. The third kappa shape index (κ3) is 5.15. The van der Waals surface area contributed by atoms with Crippen LogP contribution in [-0.2, 0) is 19.9 Å². The zero-order chi connectivity index (χ0) is 21.8. The van der Waals surface area contributed by atoms with Crippen LogP contribution in [-0.4, -0.2) is 38.3 Å². The van der Waals surface area contributed by atoms with Gasteiger partial charge in [0.2, 0.25) is 10.0 Å². The summed E-state index contributed by atoms with van der Waals surface area (Å²) >= 11 is 0. The lowest BCUT2D eigenvalue weighted by atomic mass is 10.2. The van der Waals surface area contributed by atoms with Crippen molar-refractivity contribution in [2.24, 2.45) is 5.14 Å². The highest BCUT2D eigenvalue weighted by Gasteiger charge is 2.27. The van der Waals surface area contributed by atoms with E-state index in [1.165, 1.54) is 30.5 Å². The van der Waals surface area contributed by atoms with Crippen LogP contribution in [0.2, 0.25) is 0 Å². The minimum Gasteiger partial charge on any atom is -0.293 e. The first-order valence-corrected chi connectivity index (χ1v) is 11.6. The Morgan fingerprint density at radius 1 is 0.833 bits per heavy atom. The molecular formula is C20H15N3O5S2. The van der Waals surface area contributed by atoms with Gasteiger partial charge in [-0.15, -0.1) is 0 Å². The molecule has 2 N–H and O–H groups in total. The van der Waals surface area contributed by atoms with Gasteiger partial charge >= 0.3 is 0 Å². The molecule has 0 aliphatic carbocycles. The van der Waals surface area contributed by atoms with E-state index >= 15 is 0 Å². The highest BCUT2D eigenvalue weighted by Crippen LogP contribution is 2.21. The summed E-state index contributed by atoms with van der Waals surface area (Å²) in [6.07, 6.45) is 2.82. The molecule has 8 nitrogen and oxygen atoms in total. The van der Waals surface area contributed by atoms with Gasteiger partial charge in [0, 0.05) is 18.0 Å². The molecule has 3 rings (SSSR count). The molecule has 2 aromatic heterocycles. The summed E-state index contributed by atoms with van der Waals surface area (Å²) in [6.45, 7) is 0. The van der Waals surface area contributed by atoms with Crippen molar-refractivity contribution >= 4 is 25.6 Å². The van der Waals surface area contributed by atoms with Crippen LogP contribution in [0.25, 0.3) is 0 Å². The van der Waals surface area contributed by atoms with Crippen molar-refractivity contribution in [3.63, 3.8) is 0 Å². The van der Waals surface area contributed by atoms with E-state index in [0.717, 1.165) is 12.1 Å². The molecule has 0 saturated heterocycles. The number of benzene rings is 1. The SMILES string of the molecule is NS(=O)(=O)c1ccccc1S(=O)(=O)CC(=O)c1ccc(C#Cc2ccccn2)nc1. The highest BCUT2D eigenvalue weighted by atomic mass is 32.2. The second-order valence-electron chi connectivity index (χ2n) is 6.07. The van der Waals surface area contributed by atoms with Crippen LogP contribution in [0.5, 0.6) is 0 Å². The third-order valence-electron chi connectivity index (χ3n) is 3.88. The quantitative estimate of drug-likeness (QED) is 0.463. The number of pyridine rings is 2. The molecule has 0 atom stereocenters. The number of sulfonamides is 1. The predicted molar refractivity (Wildman–Crippen MR) is 109 cm³/mol. The van der Waals surface area contributed by atoms with Gasteiger partial charge in [-0.2, -0.15) is 0 Å². The Kier molecular flexibility index (Phi) is 6.07. The summed E-state index contributed by atoms with van der Waals surface area (Å²) in [4.78, 5) is 19.5. The maximum absolute atomic E-state index is 12.6. The Morgan fingerprint density at radius 3 is 2.03 bits per heavy atom. The first-order valence-electron chi connectivity index (χ1n) is 8.44. The van der Waals surface area contributed by atoms with Gasteiger partial charge in [-0.25, -0.2) is 31.9 Å². The number of ketones is 1. The summed E-state index contributed by atoms with van der Waals surface area (Å²) in [7, 11) is -8.53. The standard InChI is InChI=1S/C20H15N3O5S2/c21-30(27,28)20-7-2-1-6-19(20)29(25,26)14-18(24)15-8-9-17(23-13-15)11-10-16-5-3-4-12-22-16/h1-9,12-13H,14H2,(H2,21,27,28). The highest BCUT2D eigenvalue weighted by molar-refractivity contribution is 7.94. The van der Waals surface area contributed by atoms with Gasteiger partial charge in [0.05, 0.1) is 4.90 Å². The maximum atomic E-state index is 12.6. The molecule has 1 aromatic carbocycles. The number of hydrogen-bond donors (Lipinski definition) is 1. The van der Waals surface area contributed by atoms with E-state index in [2.05, 4.69) is 21.8 Å². The van der Waals surface area contributed by atoms with E-state index in [-0.39, 0.29) is 5.56 Å². The summed E-state index contributed by atoms with van der Waals surface area (Å²) in [5.41, 5.74) is 0.980. The molecule has 0 amide bonds. The van der Waals surface area contributed by atoms with Crippen molar-refractivity contribution in [2.75, 3.05) is 5.75 Å². The lowest BCUT2D eigenvalue weighted by Gasteiger charge is -2.08. The van der Waals surface area contributed by atoms with E-state index < -0.39 is 41.2 Å². The number of primary sulfonamides is 1. The molecule has 0 radical (unpaired) electrons. The predicted octanol–water partition coefficient (Wildman–Crippen LogP) is 1.18. The maximum Gasteiger partial charge on any atom is 0.239 e. The molecular weight excluding hydrogens is 426 g/mol. The lowest BCUT2D eigenvalue weighted by Crippen LogP contribution is -2.21. The van der Waals surface area contributed by atoms with Crippen LogP contribution >= 0.6 is 0 Å². The number of carbonyl (C=O) groups is 1. The zero-order valence-corrected chi connectivity index (χ0v) is 17.0. The van der Waals surface area contributed by atoms with Crippen molar-refractivity contribution in [1.29, 1.82) is 0 Å². The molecule has 0 fully saturated rings. The summed E-state index contributed by atoms with van der Waals surface area (Å²) in [5, 5.41) is 5.08. The number of Topliss-reactive ketones (excluding diaryl/α,β-unsaturated/α-hetero) is 1. The number of sulfone groups is 1.